The van der Waals surface area contributed by atoms with Crippen molar-refractivity contribution in [2.24, 2.45) is 11.8 Å². The molecule has 1 unspecified atom stereocenters. The Balaban J connectivity index is 2.21. The topological polar surface area (TPSA) is 228 Å². The average Bonchev–Trinajstić information content (AvgIpc) is 3.71. The zero-order valence-electron chi connectivity index (χ0n) is 23.6. The molecule has 0 bridgehead atoms. The molecular weight excluding hydrogens is 540 g/mol. The minimum absolute atomic E-state index is 0.208. The van der Waals surface area contributed by atoms with Gasteiger partial charge in [-0.25, -0.2) is 4.79 Å². The van der Waals surface area contributed by atoms with Crippen LogP contribution in [0.1, 0.15) is 90.9 Å². The van der Waals surface area contributed by atoms with Crippen LogP contribution in [0.3, 0.4) is 0 Å². The second-order valence-electron chi connectivity index (χ2n) is 11.1. The van der Waals surface area contributed by atoms with Gasteiger partial charge in [0.05, 0.1) is 6.42 Å². The van der Waals surface area contributed by atoms with Crippen molar-refractivity contribution in [3.63, 3.8) is 0 Å². The van der Waals surface area contributed by atoms with Crippen molar-refractivity contribution in [1.29, 1.82) is 0 Å². The van der Waals surface area contributed by atoms with Gasteiger partial charge in [0.1, 0.15) is 23.7 Å². The predicted octanol–water partition coefficient (Wildman–Crippen LogP) is 0.530. The molecule has 14 nitrogen and oxygen atoms in total. The van der Waals surface area contributed by atoms with Gasteiger partial charge in [0.2, 0.25) is 23.6 Å². The predicted molar refractivity (Wildman–Crippen MR) is 143 cm³/mol. The van der Waals surface area contributed by atoms with Gasteiger partial charge >= 0.3 is 17.9 Å². The maximum atomic E-state index is 13.5. The third-order valence-electron chi connectivity index (χ3n) is 7.88. The van der Waals surface area contributed by atoms with Crippen molar-refractivity contribution in [3.05, 3.63) is 0 Å². The minimum atomic E-state index is -1.44. The normalized spacial score (nSPS) is 19.0. The molecule has 2 aliphatic carbocycles. The molecule has 2 fully saturated rings. The van der Waals surface area contributed by atoms with Crippen LogP contribution in [0, 0.1) is 11.8 Å². The lowest BCUT2D eigenvalue weighted by Gasteiger charge is -2.33. The fraction of sp³-hybridized carbons (Fsp3) is 0.741. The zero-order valence-corrected chi connectivity index (χ0v) is 23.6. The molecule has 0 radical (unpaired) electrons. The Morgan fingerprint density at radius 1 is 0.780 bits per heavy atom. The molecule has 0 aliphatic heterocycles. The highest BCUT2D eigenvalue weighted by molar-refractivity contribution is 5.96. The summed E-state index contributed by atoms with van der Waals surface area (Å²) in [7, 11) is 0. The van der Waals surface area contributed by atoms with Crippen molar-refractivity contribution in [3.8, 4) is 0 Å². The number of aliphatic carboxylic acids is 3. The van der Waals surface area contributed by atoms with E-state index >= 15 is 0 Å². The van der Waals surface area contributed by atoms with E-state index in [0.29, 0.717) is 19.3 Å². The number of carbonyl (C=O) groups excluding carboxylic acids is 4. The molecule has 230 valence electrons. The third-order valence-corrected chi connectivity index (χ3v) is 7.88. The fourth-order valence-electron chi connectivity index (χ4n) is 4.91. The molecule has 2 aliphatic rings. The van der Waals surface area contributed by atoms with Crippen LogP contribution in [-0.2, 0) is 33.6 Å². The van der Waals surface area contributed by atoms with E-state index in [9.17, 15) is 38.7 Å². The summed E-state index contributed by atoms with van der Waals surface area (Å²) in [5.74, 6) is -7.02. The highest BCUT2D eigenvalue weighted by Crippen LogP contribution is 2.35. The molecule has 0 aromatic carbocycles. The second-order valence-corrected chi connectivity index (χ2v) is 11.1. The molecule has 0 heterocycles. The summed E-state index contributed by atoms with van der Waals surface area (Å²) in [5.41, 5.74) is -1.44. The lowest BCUT2D eigenvalue weighted by molar-refractivity contribution is -0.144. The van der Waals surface area contributed by atoms with Gasteiger partial charge in [-0.1, -0.05) is 39.5 Å². The van der Waals surface area contributed by atoms with E-state index in [-0.39, 0.29) is 31.6 Å². The zero-order chi connectivity index (χ0) is 30.7. The average molecular weight is 583 g/mol. The van der Waals surface area contributed by atoms with E-state index in [1.54, 1.807) is 13.8 Å². The van der Waals surface area contributed by atoms with Gasteiger partial charge in [-0.2, -0.15) is 0 Å². The Bertz CT molecular complexity index is 1010. The van der Waals surface area contributed by atoms with Gasteiger partial charge < -0.3 is 36.6 Å². The van der Waals surface area contributed by atoms with Crippen molar-refractivity contribution in [2.45, 2.75) is 115 Å². The summed E-state index contributed by atoms with van der Waals surface area (Å²) in [4.78, 5) is 85.9. The molecule has 4 amide bonds. The number of hydrogen-bond donors (Lipinski definition) is 7. The lowest BCUT2D eigenvalue weighted by Crippen LogP contribution is -2.60. The van der Waals surface area contributed by atoms with Gasteiger partial charge in [0.25, 0.3) is 0 Å². The van der Waals surface area contributed by atoms with E-state index in [1.807, 2.05) is 0 Å². The molecule has 2 rings (SSSR count). The number of carboxylic acids is 3. The first-order chi connectivity index (χ1) is 19.3. The molecule has 0 spiro atoms. The molecule has 0 aromatic heterocycles. The molecule has 41 heavy (non-hydrogen) atoms. The molecular formula is C27H42N4O10. The highest BCUT2D eigenvalue weighted by Gasteiger charge is 2.52. The number of amides is 4. The Hall–Kier alpha value is -3.71. The number of carboxylic acid groups (broad SMARTS) is 3. The van der Waals surface area contributed by atoms with Gasteiger partial charge in [0.15, 0.2) is 0 Å². The third kappa shape index (κ3) is 10.3. The monoisotopic (exact) mass is 582 g/mol. The summed E-state index contributed by atoms with van der Waals surface area (Å²) in [6, 6.07) is -3.50. The largest absolute Gasteiger partial charge is 0.481 e. The molecule has 7 N–H and O–H groups in total. The van der Waals surface area contributed by atoms with Crippen LogP contribution >= 0.6 is 0 Å². The number of rotatable bonds is 17. The quantitative estimate of drug-likeness (QED) is 0.126. The summed E-state index contributed by atoms with van der Waals surface area (Å²) in [6.45, 7) is 3.50. The fourth-order valence-corrected chi connectivity index (χ4v) is 4.91. The van der Waals surface area contributed by atoms with E-state index in [2.05, 4.69) is 21.3 Å². The van der Waals surface area contributed by atoms with E-state index in [4.69, 9.17) is 10.2 Å². The Morgan fingerprint density at radius 3 is 1.90 bits per heavy atom. The standard InChI is InChI=1S/C27H42N4O10/c1-3-15(2)21(24(38)28-17(9-11-19(33)34)23(37)31-27(13-14-27)26(40)41)30-25(39)22(16-7-5-4-6-8-16)29-18(32)10-12-20(35)36/h15-17,21-22H,3-14H2,1-2H3,(H,28,38)(H,29,32)(H,30,39)(H,31,37)(H,33,34)(H,35,36)(H,40,41)/t15?,17-,21-,22-/m0/s1. The molecule has 4 atom stereocenters. The van der Waals surface area contributed by atoms with Crippen LogP contribution in [0.5, 0.6) is 0 Å². The Kier molecular flexibility index (Phi) is 12.5. The molecule has 0 saturated heterocycles. The number of carbonyl (C=O) groups is 7. The highest BCUT2D eigenvalue weighted by atomic mass is 16.4. The van der Waals surface area contributed by atoms with Gasteiger partial charge in [-0.15, -0.1) is 0 Å². The summed E-state index contributed by atoms with van der Waals surface area (Å²) in [6.07, 6.45) is 3.43. The number of hydrogen-bond acceptors (Lipinski definition) is 7. The van der Waals surface area contributed by atoms with Crippen molar-refractivity contribution >= 4 is 41.5 Å². The summed E-state index contributed by atoms with van der Waals surface area (Å²) in [5, 5.41) is 37.7. The van der Waals surface area contributed by atoms with Crippen molar-refractivity contribution in [2.75, 3.05) is 0 Å². The Labute approximate surface area is 238 Å². The van der Waals surface area contributed by atoms with Crippen LogP contribution in [0.25, 0.3) is 0 Å². The van der Waals surface area contributed by atoms with Crippen LogP contribution in [0.2, 0.25) is 0 Å². The maximum Gasteiger partial charge on any atom is 0.329 e. The first kappa shape index (κ1) is 33.5. The smallest absolute Gasteiger partial charge is 0.329 e. The molecule has 0 aromatic rings. The van der Waals surface area contributed by atoms with E-state index in [1.165, 1.54) is 0 Å². The van der Waals surface area contributed by atoms with Crippen LogP contribution in [0.15, 0.2) is 0 Å². The molecule has 14 heteroatoms. The van der Waals surface area contributed by atoms with Gasteiger partial charge in [-0.05, 0) is 43.9 Å². The maximum absolute atomic E-state index is 13.5. The summed E-state index contributed by atoms with van der Waals surface area (Å²) < 4.78 is 0. The van der Waals surface area contributed by atoms with Crippen molar-refractivity contribution in [1.82, 2.24) is 21.3 Å². The second kappa shape index (κ2) is 15.3. The Morgan fingerprint density at radius 2 is 1.39 bits per heavy atom. The van der Waals surface area contributed by atoms with Gasteiger partial charge in [0, 0.05) is 12.8 Å². The van der Waals surface area contributed by atoms with E-state index < -0.39 is 84.0 Å². The molecule has 2 saturated carbocycles. The van der Waals surface area contributed by atoms with Crippen molar-refractivity contribution < 1.29 is 48.9 Å². The SMILES string of the molecule is CCC(C)[C@H](NC(=O)[C@@H](NC(=O)CCC(=O)O)C1CCCCC1)C(=O)N[C@@H](CCC(=O)O)C(=O)NC1(C(=O)O)CC1. The first-order valence-corrected chi connectivity index (χ1v) is 14.2. The number of nitrogens with one attached hydrogen (secondary N) is 4. The van der Waals surface area contributed by atoms with Crippen LogP contribution < -0.4 is 21.3 Å². The lowest BCUT2D eigenvalue weighted by atomic mass is 9.83. The van der Waals surface area contributed by atoms with Gasteiger partial charge in [-0.3, -0.25) is 28.8 Å². The van der Waals surface area contributed by atoms with Crippen LogP contribution in [0.4, 0.5) is 0 Å². The summed E-state index contributed by atoms with van der Waals surface area (Å²) >= 11 is 0. The first-order valence-electron chi connectivity index (χ1n) is 14.2. The van der Waals surface area contributed by atoms with E-state index in [0.717, 1.165) is 19.3 Å². The van der Waals surface area contributed by atoms with Crippen LogP contribution in [-0.4, -0.2) is 80.5 Å². The minimum Gasteiger partial charge on any atom is -0.481 e.